The van der Waals surface area contributed by atoms with Crippen LogP contribution in [0.4, 0.5) is 0 Å². The van der Waals surface area contributed by atoms with Crippen LogP contribution in [0.2, 0.25) is 0 Å². The fraction of sp³-hybridized carbons (Fsp3) is 0.429. The highest BCUT2D eigenvalue weighted by molar-refractivity contribution is 7.94. The summed E-state index contributed by atoms with van der Waals surface area (Å²) in [4.78, 5) is 5.00. The van der Waals surface area contributed by atoms with Crippen LogP contribution in [0.15, 0.2) is 47.4 Å². The third kappa shape index (κ3) is 7.33. The van der Waals surface area contributed by atoms with Gasteiger partial charge in [-0.15, -0.1) is 9.32 Å². The van der Waals surface area contributed by atoms with E-state index in [4.69, 9.17) is 19.7 Å². The second-order valence-electron chi connectivity index (χ2n) is 6.44. The molecule has 7 heteroatoms. The van der Waals surface area contributed by atoms with Crippen molar-refractivity contribution in [1.82, 2.24) is 5.32 Å². The normalized spacial score (nSPS) is 12.0. The molecule has 6 nitrogen and oxygen atoms in total. The van der Waals surface area contributed by atoms with Crippen molar-refractivity contribution < 1.29 is 18.8 Å². The topological polar surface area (TPSA) is 75.0 Å². The molecule has 0 aromatic heterocycles. The summed E-state index contributed by atoms with van der Waals surface area (Å²) in [5, 5.41) is 3.59. The molecule has 0 amide bonds. The van der Waals surface area contributed by atoms with E-state index >= 15 is 0 Å². The molecular formula is C21H30N2O4S. The van der Waals surface area contributed by atoms with Crippen LogP contribution in [-0.4, -0.2) is 26.3 Å². The molecule has 0 saturated heterocycles. The molecule has 2 rings (SSSR count). The molecule has 0 bridgehead atoms. The molecule has 0 unspecified atom stereocenters. The third-order valence-electron chi connectivity index (χ3n) is 4.32. The van der Waals surface area contributed by atoms with E-state index < -0.39 is 0 Å². The van der Waals surface area contributed by atoms with E-state index in [1.807, 2.05) is 31.2 Å². The fourth-order valence-corrected chi connectivity index (χ4v) is 3.57. The lowest BCUT2D eigenvalue weighted by molar-refractivity contribution is -0.195. The van der Waals surface area contributed by atoms with Crippen LogP contribution in [0, 0.1) is 0 Å². The third-order valence-corrected chi connectivity index (χ3v) is 4.97. The fourth-order valence-electron chi connectivity index (χ4n) is 3.03. The van der Waals surface area contributed by atoms with Crippen molar-refractivity contribution in [1.29, 1.82) is 0 Å². The lowest BCUT2D eigenvalue weighted by atomic mass is 10.1. The average molecular weight is 407 g/mol. The number of nitrogens with two attached hydrogens (primary N) is 1. The summed E-state index contributed by atoms with van der Waals surface area (Å²) in [6.07, 6.45) is 2.95. The zero-order valence-electron chi connectivity index (χ0n) is 16.8. The first kappa shape index (κ1) is 22.5. The Labute approximate surface area is 171 Å². The Hall–Kier alpha value is -1.77. The quantitative estimate of drug-likeness (QED) is 0.225. The number of aryl methyl sites for hydroxylation is 1. The molecule has 0 radical (unpaired) electrons. The molecule has 0 saturated carbocycles. The molecule has 2 aromatic carbocycles. The van der Waals surface area contributed by atoms with Crippen LogP contribution >= 0.6 is 12.0 Å². The Balaban J connectivity index is 1.80. The monoisotopic (exact) mass is 406 g/mol. The predicted molar refractivity (Wildman–Crippen MR) is 112 cm³/mol. The lowest BCUT2D eigenvalue weighted by Gasteiger charge is -2.16. The minimum Gasteiger partial charge on any atom is -0.495 e. The standard InChI is InChI=1S/C21H30N2O4S/c1-4-25-19-10-6-5-8-18(19)9-7-13-23-16(2)14-17-11-12-20(24-3)21(15-17)28-27-26-22/h5-6,8,10-12,15-16,23H,4,7,9,13-14,22H2,1-3H3/t16-/m1/s1. The van der Waals surface area contributed by atoms with Gasteiger partial charge in [-0.1, -0.05) is 24.3 Å². The van der Waals surface area contributed by atoms with E-state index in [1.165, 1.54) is 11.1 Å². The predicted octanol–water partition coefficient (Wildman–Crippen LogP) is 4.08. The van der Waals surface area contributed by atoms with Crippen LogP contribution in [-0.2, 0) is 22.2 Å². The molecule has 0 aliphatic rings. The molecule has 0 spiro atoms. The van der Waals surface area contributed by atoms with E-state index in [2.05, 4.69) is 35.4 Å². The van der Waals surface area contributed by atoms with Gasteiger partial charge in [-0.2, -0.15) is 5.90 Å². The van der Waals surface area contributed by atoms with Gasteiger partial charge in [-0.25, -0.2) is 0 Å². The minimum atomic E-state index is 0.347. The Morgan fingerprint density at radius 3 is 2.71 bits per heavy atom. The van der Waals surface area contributed by atoms with Gasteiger partial charge < -0.3 is 14.8 Å². The maximum absolute atomic E-state index is 5.69. The summed E-state index contributed by atoms with van der Waals surface area (Å²) < 4.78 is 15.8. The van der Waals surface area contributed by atoms with Crippen LogP contribution in [0.25, 0.3) is 0 Å². The van der Waals surface area contributed by atoms with Crippen molar-refractivity contribution in [3.05, 3.63) is 53.6 Å². The largest absolute Gasteiger partial charge is 0.495 e. The molecule has 2 aromatic rings. The molecule has 154 valence electrons. The van der Waals surface area contributed by atoms with E-state index in [-0.39, 0.29) is 0 Å². The summed E-state index contributed by atoms with van der Waals surface area (Å²) in [5.74, 6) is 6.63. The van der Waals surface area contributed by atoms with Gasteiger partial charge >= 0.3 is 0 Å². The van der Waals surface area contributed by atoms with Crippen molar-refractivity contribution in [2.45, 2.75) is 44.0 Å². The maximum atomic E-state index is 5.69. The molecule has 1 atom stereocenters. The summed E-state index contributed by atoms with van der Waals surface area (Å²) in [7, 11) is 1.62. The zero-order chi connectivity index (χ0) is 20.2. The molecule has 0 fully saturated rings. The minimum absolute atomic E-state index is 0.347. The number of hydrogen-bond donors (Lipinski definition) is 2. The van der Waals surface area contributed by atoms with Gasteiger partial charge in [-0.3, -0.25) is 0 Å². The summed E-state index contributed by atoms with van der Waals surface area (Å²) in [6, 6.07) is 14.6. The van der Waals surface area contributed by atoms with Crippen molar-refractivity contribution in [3.63, 3.8) is 0 Å². The summed E-state index contributed by atoms with van der Waals surface area (Å²) in [6.45, 7) is 5.84. The van der Waals surface area contributed by atoms with Crippen LogP contribution in [0.1, 0.15) is 31.4 Å². The summed E-state index contributed by atoms with van der Waals surface area (Å²) in [5.41, 5.74) is 2.45. The first-order chi connectivity index (χ1) is 13.7. The van der Waals surface area contributed by atoms with Gasteiger partial charge in [0.1, 0.15) is 11.5 Å². The molecule has 3 N–H and O–H groups in total. The second kappa shape index (κ2) is 12.6. The highest BCUT2D eigenvalue weighted by Crippen LogP contribution is 2.31. The Morgan fingerprint density at radius 1 is 1.14 bits per heavy atom. The molecular weight excluding hydrogens is 376 g/mol. The number of nitrogens with one attached hydrogen (secondary N) is 1. The van der Waals surface area contributed by atoms with E-state index in [1.54, 1.807) is 7.11 Å². The maximum Gasteiger partial charge on any atom is 0.134 e. The van der Waals surface area contributed by atoms with Gasteiger partial charge in [0, 0.05) is 6.04 Å². The Bertz CT molecular complexity index is 715. The highest BCUT2D eigenvalue weighted by atomic mass is 32.2. The van der Waals surface area contributed by atoms with Crippen molar-refractivity contribution in [2.75, 3.05) is 20.3 Å². The van der Waals surface area contributed by atoms with E-state index in [0.29, 0.717) is 12.6 Å². The van der Waals surface area contributed by atoms with Gasteiger partial charge in [0.05, 0.1) is 30.7 Å². The number of hydrogen-bond acceptors (Lipinski definition) is 7. The first-order valence-electron chi connectivity index (χ1n) is 9.49. The van der Waals surface area contributed by atoms with Crippen molar-refractivity contribution >= 4 is 12.0 Å². The van der Waals surface area contributed by atoms with Crippen LogP contribution in [0.3, 0.4) is 0 Å². The second-order valence-corrected chi connectivity index (χ2v) is 7.18. The molecule has 0 aliphatic carbocycles. The zero-order valence-corrected chi connectivity index (χ0v) is 17.6. The highest BCUT2D eigenvalue weighted by Gasteiger charge is 2.10. The first-order valence-corrected chi connectivity index (χ1v) is 10.2. The van der Waals surface area contributed by atoms with Crippen molar-refractivity contribution in [3.8, 4) is 11.5 Å². The molecule has 0 aliphatic heterocycles. The number of para-hydroxylation sites is 1. The summed E-state index contributed by atoms with van der Waals surface area (Å²) >= 11 is 1.03. The van der Waals surface area contributed by atoms with E-state index in [9.17, 15) is 0 Å². The van der Waals surface area contributed by atoms with Crippen LogP contribution in [0.5, 0.6) is 11.5 Å². The average Bonchev–Trinajstić information content (AvgIpc) is 2.71. The number of rotatable bonds is 13. The van der Waals surface area contributed by atoms with Crippen LogP contribution < -0.4 is 20.7 Å². The number of methoxy groups -OCH3 is 1. The van der Waals surface area contributed by atoms with E-state index in [0.717, 1.165) is 54.2 Å². The van der Waals surface area contributed by atoms with Crippen molar-refractivity contribution in [2.24, 2.45) is 5.90 Å². The van der Waals surface area contributed by atoms with Gasteiger partial charge in [-0.05, 0) is 69.0 Å². The Kier molecular flexibility index (Phi) is 10.2. The molecule has 28 heavy (non-hydrogen) atoms. The lowest BCUT2D eigenvalue weighted by Crippen LogP contribution is -2.29. The number of benzene rings is 2. The van der Waals surface area contributed by atoms with Gasteiger partial charge in [0.25, 0.3) is 0 Å². The number of ether oxygens (including phenoxy) is 2. The van der Waals surface area contributed by atoms with Gasteiger partial charge in [0.15, 0.2) is 0 Å². The van der Waals surface area contributed by atoms with Gasteiger partial charge in [0.2, 0.25) is 0 Å². The Morgan fingerprint density at radius 2 is 1.96 bits per heavy atom. The smallest absolute Gasteiger partial charge is 0.134 e. The molecule has 0 heterocycles. The SMILES string of the molecule is CCOc1ccccc1CCCN[C@H](C)Cc1ccc(OC)c(SOON)c1.